The Morgan fingerprint density at radius 1 is 1.58 bits per heavy atom. The third kappa shape index (κ3) is 2.50. The minimum Gasteiger partial charge on any atom is -0.394 e. The van der Waals surface area contributed by atoms with E-state index in [0.29, 0.717) is 5.69 Å². The Hall–Kier alpha value is -1.40. The van der Waals surface area contributed by atoms with Gasteiger partial charge in [0.25, 0.3) is 5.91 Å². The van der Waals surface area contributed by atoms with Crippen LogP contribution in [0.3, 0.4) is 0 Å². The second-order valence-electron chi connectivity index (χ2n) is 4.60. The van der Waals surface area contributed by atoms with Crippen molar-refractivity contribution in [3.63, 3.8) is 0 Å². The van der Waals surface area contributed by atoms with Crippen molar-refractivity contribution >= 4 is 32.9 Å². The zero-order valence-corrected chi connectivity index (χ0v) is 12.7. The number of fused-ring (bicyclic) bond motifs is 1. The molecule has 0 aliphatic rings. The molecule has 6 heteroatoms. The van der Waals surface area contributed by atoms with E-state index in [2.05, 4.69) is 20.9 Å². The Balaban J connectivity index is 2.45. The van der Waals surface area contributed by atoms with Gasteiger partial charge < -0.3 is 14.6 Å². The number of halogens is 1. The molecule has 0 bridgehead atoms. The van der Waals surface area contributed by atoms with E-state index in [4.69, 9.17) is 5.11 Å². The lowest BCUT2D eigenvalue weighted by Crippen LogP contribution is -2.38. The molecule has 0 fully saturated rings. The first-order chi connectivity index (χ1) is 8.95. The van der Waals surface area contributed by atoms with Gasteiger partial charge in [-0.05, 0) is 35.0 Å². The van der Waals surface area contributed by atoms with Crippen molar-refractivity contribution in [1.29, 1.82) is 0 Å². The Bertz CT molecular complexity index is 624. The third-order valence-electron chi connectivity index (χ3n) is 3.30. The number of pyridine rings is 1. The van der Waals surface area contributed by atoms with Crippen molar-refractivity contribution in [2.24, 2.45) is 7.05 Å². The first kappa shape index (κ1) is 14.0. The molecular weight excluding hydrogens is 310 g/mol. The molecule has 0 radical (unpaired) electrons. The van der Waals surface area contributed by atoms with E-state index in [9.17, 15) is 4.79 Å². The van der Waals surface area contributed by atoms with Crippen LogP contribution in [0, 0.1) is 0 Å². The van der Waals surface area contributed by atoms with Gasteiger partial charge in [0.15, 0.2) is 0 Å². The number of nitrogens with zero attached hydrogens (tertiary/aromatic N) is 3. The van der Waals surface area contributed by atoms with E-state index in [1.54, 1.807) is 24.7 Å². The predicted molar refractivity (Wildman–Crippen MR) is 77.1 cm³/mol. The fraction of sp³-hybridized carbons (Fsp3) is 0.385. The van der Waals surface area contributed by atoms with Gasteiger partial charge in [-0.2, -0.15) is 0 Å². The van der Waals surface area contributed by atoms with Gasteiger partial charge in [-0.1, -0.05) is 0 Å². The summed E-state index contributed by atoms with van der Waals surface area (Å²) in [5, 5.41) is 10.0. The molecule has 2 aromatic rings. The number of aryl methyl sites for hydroxylation is 1. The second-order valence-corrected chi connectivity index (χ2v) is 5.52. The molecule has 102 valence electrons. The summed E-state index contributed by atoms with van der Waals surface area (Å²) in [6.07, 6.45) is 1.71. The van der Waals surface area contributed by atoms with E-state index in [-0.39, 0.29) is 18.6 Å². The lowest BCUT2D eigenvalue weighted by molar-refractivity contribution is 0.0673. The van der Waals surface area contributed by atoms with Crippen LogP contribution in [0.5, 0.6) is 0 Å². The number of likely N-dealkylation sites (N-methyl/N-ethyl adjacent to an activating group) is 1. The molecule has 5 nitrogen and oxygen atoms in total. The Labute approximate surface area is 120 Å². The molecule has 1 N–H and O–H groups in total. The van der Waals surface area contributed by atoms with Crippen LogP contribution in [0.25, 0.3) is 11.0 Å². The number of aliphatic hydroxyl groups excluding tert-OH is 1. The van der Waals surface area contributed by atoms with Gasteiger partial charge in [0.05, 0.1) is 12.6 Å². The van der Waals surface area contributed by atoms with Crippen LogP contribution in [0.4, 0.5) is 0 Å². The Morgan fingerprint density at radius 3 is 2.89 bits per heavy atom. The van der Waals surface area contributed by atoms with Crippen LogP contribution in [0.15, 0.2) is 22.8 Å². The van der Waals surface area contributed by atoms with Gasteiger partial charge in [0.2, 0.25) is 0 Å². The number of carbonyl (C=O) groups excluding carboxylic acids is 1. The van der Waals surface area contributed by atoms with Crippen LogP contribution in [-0.4, -0.2) is 45.2 Å². The largest absolute Gasteiger partial charge is 0.394 e. The summed E-state index contributed by atoms with van der Waals surface area (Å²) in [5.41, 5.74) is 1.32. The van der Waals surface area contributed by atoms with Crippen molar-refractivity contribution in [1.82, 2.24) is 14.5 Å². The highest BCUT2D eigenvalue weighted by Gasteiger charge is 2.21. The molecule has 1 atom stereocenters. The number of aliphatic hydroxyl groups is 1. The fourth-order valence-electron chi connectivity index (χ4n) is 1.90. The third-order valence-corrected chi connectivity index (χ3v) is 3.73. The molecule has 1 amide bonds. The minimum absolute atomic E-state index is 0.0595. The Kier molecular flexibility index (Phi) is 3.91. The van der Waals surface area contributed by atoms with Crippen molar-refractivity contribution in [3.05, 3.63) is 28.5 Å². The summed E-state index contributed by atoms with van der Waals surface area (Å²) in [4.78, 5) is 18.2. The molecule has 2 aromatic heterocycles. The van der Waals surface area contributed by atoms with E-state index in [1.165, 1.54) is 4.90 Å². The van der Waals surface area contributed by atoms with Crippen LogP contribution < -0.4 is 0 Å². The highest BCUT2D eigenvalue weighted by molar-refractivity contribution is 9.10. The van der Waals surface area contributed by atoms with Gasteiger partial charge in [-0.15, -0.1) is 0 Å². The van der Waals surface area contributed by atoms with Gasteiger partial charge in [-0.3, -0.25) is 4.79 Å². The zero-order chi connectivity index (χ0) is 14.2. The predicted octanol–water partition coefficient (Wildman–Crippen LogP) is 1.79. The standard InChI is InChI=1S/C13H16BrN3O2/c1-8(7-18)16(2)13(19)11-5-9-4-10(14)6-15-12(9)17(11)3/h4-6,8,18H,7H2,1-3H3/t8-/m0/s1. The number of hydrogen-bond donors (Lipinski definition) is 1. The number of aromatic nitrogens is 2. The second kappa shape index (κ2) is 5.30. The maximum absolute atomic E-state index is 12.4. The van der Waals surface area contributed by atoms with E-state index in [0.717, 1.165) is 15.5 Å². The van der Waals surface area contributed by atoms with Crippen LogP contribution in [-0.2, 0) is 7.05 Å². The molecule has 0 saturated heterocycles. The zero-order valence-electron chi connectivity index (χ0n) is 11.1. The smallest absolute Gasteiger partial charge is 0.270 e. The van der Waals surface area contributed by atoms with E-state index in [1.807, 2.05) is 19.2 Å². The number of amides is 1. The SMILES string of the molecule is C[C@@H](CO)N(C)C(=O)c1cc2cc(Br)cnc2n1C. The monoisotopic (exact) mass is 325 g/mol. The topological polar surface area (TPSA) is 58.4 Å². The van der Waals surface area contributed by atoms with Crippen molar-refractivity contribution in [2.45, 2.75) is 13.0 Å². The quantitative estimate of drug-likeness (QED) is 0.936. The average Bonchev–Trinajstić information content (AvgIpc) is 2.72. The maximum Gasteiger partial charge on any atom is 0.270 e. The Morgan fingerprint density at radius 2 is 2.26 bits per heavy atom. The van der Waals surface area contributed by atoms with Gasteiger partial charge in [0.1, 0.15) is 11.3 Å². The van der Waals surface area contributed by atoms with Crippen molar-refractivity contribution in [3.8, 4) is 0 Å². The maximum atomic E-state index is 12.4. The lowest BCUT2D eigenvalue weighted by Gasteiger charge is -2.23. The summed E-state index contributed by atoms with van der Waals surface area (Å²) < 4.78 is 2.65. The van der Waals surface area contributed by atoms with Crippen LogP contribution >= 0.6 is 15.9 Å². The molecule has 0 saturated carbocycles. The molecule has 2 heterocycles. The summed E-state index contributed by atoms with van der Waals surface area (Å²) in [7, 11) is 3.50. The average molecular weight is 326 g/mol. The molecule has 19 heavy (non-hydrogen) atoms. The highest BCUT2D eigenvalue weighted by Crippen LogP contribution is 2.21. The summed E-state index contributed by atoms with van der Waals surface area (Å²) in [6, 6.07) is 3.52. The summed E-state index contributed by atoms with van der Waals surface area (Å²) in [5.74, 6) is -0.127. The molecule has 0 unspecified atom stereocenters. The molecular formula is C13H16BrN3O2. The van der Waals surface area contributed by atoms with Crippen molar-refractivity contribution < 1.29 is 9.90 Å². The highest BCUT2D eigenvalue weighted by atomic mass is 79.9. The normalized spacial score (nSPS) is 12.7. The summed E-state index contributed by atoms with van der Waals surface area (Å²) in [6.45, 7) is 1.74. The molecule has 0 aliphatic carbocycles. The fourth-order valence-corrected chi connectivity index (χ4v) is 2.25. The first-order valence-corrected chi connectivity index (χ1v) is 6.74. The van der Waals surface area contributed by atoms with Gasteiger partial charge in [0, 0.05) is 30.2 Å². The van der Waals surface area contributed by atoms with E-state index >= 15 is 0 Å². The van der Waals surface area contributed by atoms with Gasteiger partial charge >= 0.3 is 0 Å². The lowest BCUT2D eigenvalue weighted by atomic mass is 10.2. The molecule has 0 aliphatic heterocycles. The van der Waals surface area contributed by atoms with Gasteiger partial charge in [-0.25, -0.2) is 4.98 Å². The number of rotatable bonds is 3. The molecule has 0 spiro atoms. The molecule has 2 rings (SSSR count). The molecule has 0 aromatic carbocycles. The van der Waals surface area contributed by atoms with Crippen molar-refractivity contribution in [2.75, 3.05) is 13.7 Å². The summed E-state index contributed by atoms with van der Waals surface area (Å²) >= 11 is 3.37. The number of carbonyl (C=O) groups is 1. The number of hydrogen-bond acceptors (Lipinski definition) is 3. The first-order valence-electron chi connectivity index (χ1n) is 5.94. The van der Waals surface area contributed by atoms with E-state index < -0.39 is 0 Å². The minimum atomic E-state index is -0.217. The van der Waals surface area contributed by atoms with Crippen LogP contribution in [0.1, 0.15) is 17.4 Å². The van der Waals surface area contributed by atoms with Crippen LogP contribution in [0.2, 0.25) is 0 Å².